The smallest absolute Gasteiger partial charge is 0.324 e. The van der Waals surface area contributed by atoms with Crippen molar-refractivity contribution in [3.8, 4) is 0 Å². The predicted molar refractivity (Wildman–Crippen MR) is 125 cm³/mol. The highest BCUT2D eigenvalue weighted by molar-refractivity contribution is 9.09. The molecular weight excluding hydrogens is 482 g/mol. The van der Waals surface area contributed by atoms with E-state index >= 15 is 0 Å². The van der Waals surface area contributed by atoms with Gasteiger partial charge in [0.1, 0.15) is 6.54 Å². The van der Waals surface area contributed by atoms with Crippen LogP contribution >= 0.6 is 27.5 Å². The first-order chi connectivity index (χ1) is 14.8. The highest BCUT2D eigenvalue weighted by Crippen LogP contribution is 2.39. The van der Waals surface area contributed by atoms with E-state index in [1.807, 2.05) is 31.2 Å². The summed E-state index contributed by atoms with van der Waals surface area (Å²) in [5.74, 6) is -0.902. The van der Waals surface area contributed by atoms with Gasteiger partial charge < -0.3 is 10.2 Å². The van der Waals surface area contributed by atoms with Crippen molar-refractivity contribution in [2.24, 2.45) is 5.92 Å². The molecule has 1 N–H and O–H groups in total. The summed E-state index contributed by atoms with van der Waals surface area (Å²) in [5.41, 5.74) is 2.07. The largest absolute Gasteiger partial charge is 0.332 e. The third kappa shape index (κ3) is 4.48. The van der Waals surface area contributed by atoms with Gasteiger partial charge in [-0.25, -0.2) is 9.69 Å². The minimum Gasteiger partial charge on any atom is -0.324 e. The number of hydrogen-bond acceptors (Lipinski definition) is 3. The van der Waals surface area contributed by atoms with Crippen molar-refractivity contribution >= 4 is 56.8 Å². The summed E-state index contributed by atoms with van der Waals surface area (Å²) in [4.78, 5) is 42.5. The third-order valence-electron chi connectivity index (χ3n) is 5.92. The molecule has 3 unspecified atom stereocenters. The standard InChI is InChI=1S/C23H23BrClN3O3/c1-14-5-2-3-8-19(14)26-21(29)13-27-20-10-9-15(24)11-18(20)22(30)28(23(27)31)17-7-4-6-16(25)12-17/h2-8,12,15,18,20H,9-11,13H2,1H3,(H,26,29). The van der Waals surface area contributed by atoms with Gasteiger partial charge in [0.15, 0.2) is 0 Å². The number of carbonyl (C=O) groups is 3. The molecule has 0 radical (unpaired) electrons. The molecular formula is C23H23BrClN3O3. The van der Waals surface area contributed by atoms with Gasteiger partial charge >= 0.3 is 6.03 Å². The van der Waals surface area contributed by atoms with Crippen LogP contribution in [0.5, 0.6) is 0 Å². The van der Waals surface area contributed by atoms with E-state index in [4.69, 9.17) is 11.6 Å². The molecule has 1 saturated heterocycles. The van der Waals surface area contributed by atoms with Crippen LogP contribution in [0.25, 0.3) is 0 Å². The van der Waals surface area contributed by atoms with Gasteiger partial charge in [-0.05, 0) is 56.0 Å². The van der Waals surface area contributed by atoms with E-state index in [1.54, 1.807) is 29.2 Å². The average molecular weight is 505 g/mol. The van der Waals surface area contributed by atoms with E-state index in [9.17, 15) is 14.4 Å². The summed E-state index contributed by atoms with van der Waals surface area (Å²) < 4.78 is 0. The first kappa shape index (κ1) is 21.8. The molecule has 4 amide bonds. The molecule has 2 aromatic carbocycles. The Kier molecular flexibility index (Phi) is 6.34. The van der Waals surface area contributed by atoms with Crippen molar-refractivity contribution < 1.29 is 14.4 Å². The number of para-hydroxylation sites is 1. The first-order valence-electron chi connectivity index (χ1n) is 10.2. The van der Waals surface area contributed by atoms with Gasteiger partial charge in [0, 0.05) is 21.6 Å². The van der Waals surface area contributed by atoms with Gasteiger partial charge in [0.25, 0.3) is 0 Å². The molecule has 2 fully saturated rings. The van der Waals surface area contributed by atoms with Crippen LogP contribution in [-0.4, -0.2) is 40.2 Å². The number of benzene rings is 2. The van der Waals surface area contributed by atoms with Crippen molar-refractivity contribution in [2.45, 2.75) is 37.1 Å². The summed E-state index contributed by atoms with van der Waals surface area (Å²) >= 11 is 9.74. The quantitative estimate of drug-likeness (QED) is 0.597. The number of alkyl halides is 1. The zero-order chi connectivity index (χ0) is 22.1. The Hall–Kier alpha value is -2.38. The Balaban J connectivity index is 1.62. The lowest BCUT2D eigenvalue weighted by Crippen LogP contribution is -2.64. The Labute approximate surface area is 194 Å². The summed E-state index contributed by atoms with van der Waals surface area (Å²) in [6.45, 7) is 1.79. The number of urea groups is 1. The maximum atomic E-state index is 13.4. The Morgan fingerprint density at radius 1 is 1.16 bits per heavy atom. The molecule has 1 heterocycles. The number of imide groups is 1. The monoisotopic (exact) mass is 503 g/mol. The lowest BCUT2D eigenvalue weighted by molar-refractivity contribution is -0.128. The topological polar surface area (TPSA) is 69.7 Å². The Morgan fingerprint density at radius 3 is 2.68 bits per heavy atom. The molecule has 8 heteroatoms. The van der Waals surface area contributed by atoms with Gasteiger partial charge in [-0.15, -0.1) is 0 Å². The number of hydrogen-bond donors (Lipinski definition) is 1. The van der Waals surface area contributed by atoms with E-state index in [2.05, 4.69) is 21.2 Å². The summed E-state index contributed by atoms with van der Waals surface area (Å²) in [5, 5.41) is 3.33. The van der Waals surface area contributed by atoms with E-state index in [0.717, 1.165) is 12.0 Å². The van der Waals surface area contributed by atoms with Crippen LogP contribution in [0.1, 0.15) is 24.8 Å². The average Bonchev–Trinajstić information content (AvgIpc) is 2.73. The second-order valence-corrected chi connectivity index (χ2v) is 9.74. The zero-order valence-electron chi connectivity index (χ0n) is 17.1. The molecule has 0 spiro atoms. The van der Waals surface area contributed by atoms with Crippen LogP contribution in [0, 0.1) is 12.8 Å². The summed E-state index contributed by atoms with van der Waals surface area (Å²) in [7, 11) is 0. The molecule has 2 aliphatic rings. The van der Waals surface area contributed by atoms with E-state index in [0.29, 0.717) is 29.2 Å². The molecule has 1 saturated carbocycles. The van der Waals surface area contributed by atoms with Crippen molar-refractivity contribution in [1.82, 2.24) is 4.90 Å². The van der Waals surface area contributed by atoms with Crippen LogP contribution in [0.15, 0.2) is 48.5 Å². The second kappa shape index (κ2) is 9.01. The molecule has 3 atom stereocenters. The number of carbonyl (C=O) groups excluding carboxylic acids is 3. The Bertz CT molecular complexity index is 1030. The van der Waals surface area contributed by atoms with E-state index < -0.39 is 6.03 Å². The number of halogens is 2. The number of nitrogens with one attached hydrogen (secondary N) is 1. The second-order valence-electron chi connectivity index (χ2n) is 8.01. The van der Waals surface area contributed by atoms with Crippen LogP contribution < -0.4 is 10.2 Å². The number of nitrogens with zero attached hydrogens (tertiary/aromatic N) is 2. The van der Waals surface area contributed by atoms with Gasteiger partial charge in [0.05, 0.1) is 11.6 Å². The zero-order valence-corrected chi connectivity index (χ0v) is 19.4. The number of amides is 4. The maximum Gasteiger partial charge on any atom is 0.332 e. The van der Waals surface area contributed by atoms with Crippen molar-refractivity contribution in [1.29, 1.82) is 0 Å². The molecule has 0 bridgehead atoms. The maximum absolute atomic E-state index is 13.4. The Morgan fingerprint density at radius 2 is 1.94 bits per heavy atom. The van der Waals surface area contributed by atoms with Crippen molar-refractivity contribution in [3.63, 3.8) is 0 Å². The fourth-order valence-electron chi connectivity index (χ4n) is 4.37. The predicted octanol–water partition coefficient (Wildman–Crippen LogP) is 4.99. The molecule has 1 aliphatic carbocycles. The number of rotatable bonds is 4. The van der Waals surface area contributed by atoms with E-state index in [-0.39, 0.29) is 35.1 Å². The van der Waals surface area contributed by atoms with Gasteiger partial charge in [-0.1, -0.05) is 51.8 Å². The third-order valence-corrected chi connectivity index (χ3v) is 6.99. The van der Waals surface area contributed by atoms with Crippen LogP contribution in [0.3, 0.4) is 0 Å². The normalized spacial score (nSPS) is 23.5. The molecule has 162 valence electrons. The number of anilines is 2. The van der Waals surface area contributed by atoms with Crippen molar-refractivity contribution in [3.05, 3.63) is 59.1 Å². The summed E-state index contributed by atoms with van der Waals surface area (Å²) in [6.07, 6.45) is 2.12. The fourth-order valence-corrected chi connectivity index (χ4v) is 5.22. The van der Waals surface area contributed by atoms with Gasteiger partial charge in [-0.2, -0.15) is 0 Å². The molecule has 0 aromatic heterocycles. The molecule has 2 aromatic rings. The summed E-state index contributed by atoms with van der Waals surface area (Å²) in [6, 6.07) is 13.4. The highest BCUT2D eigenvalue weighted by Gasteiger charge is 2.49. The van der Waals surface area contributed by atoms with Crippen molar-refractivity contribution in [2.75, 3.05) is 16.8 Å². The molecule has 31 heavy (non-hydrogen) atoms. The number of aryl methyl sites for hydroxylation is 1. The lowest BCUT2D eigenvalue weighted by atomic mass is 9.81. The molecule has 1 aliphatic heterocycles. The van der Waals surface area contributed by atoms with Crippen LogP contribution in [0.4, 0.5) is 16.2 Å². The van der Waals surface area contributed by atoms with Crippen LogP contribution in [0.2, 0.25) is 5.02 Å². The highest BCUT2D eigenvalue weighted by atomic mass is 79.9. The van der Waals surface area contributed by atoms with E-state index in [1.165, 1.54) is 4.90 Å². The van der Waals surface area contributed by atoms with Gasteiger partial charge in [-0.3, -0.25) is 9.59 Å². The fraction of sp³-hybridized carbons (Fsp3) is 0.348. The van der Waals surface area contributed by atoms with Crippen LogP contribution in [-0.2, 0) is 9.59 Å². The first-order valence-corrected chi connectivity index (χ1v) is 11.5. The lowest BCUT2D eigenvalue weighted by Gasteiger charge is -2.47. The SMILES string of the molecule is Cc1ccccc1NC(=O)CN1C(=O)N(c2cccc(Cl)c2)C(=O)C2CC(Br)CCC21. The molecule has 6 nitrogen and oxygen atoms in total. The number of fused-ring (bicyclic) bond motifs is 1. The minimum absolute atomic E-state index is 0.119. The minimum atomic E-state index is -0.485. The molecule has 4 rings (SSSR count). The van der Waals surface area contributed by atoms with Gasteiger partial charge in [0.2, 0.25) is 11.8 Å².